The highest BCUT2D eigenvalue weighted by molar-refractivity contribution is 6.22. The van der Waals surface area contributed by atoms with Crippen LogP contribution in [-0.4, -0.2) is 10.4 Å². The number of para-hydroxylation sites is 1. The minimum Gasteiger partial charge on any atom is -0.350 e. The van der Waals surface area contributed by atoms with Crippen LogP contribution in [0.1, 0.15) is 29.0 Å². The molecular weight excluding hydrogens is 741 g/mol. The molecule has 2 N–H and O–H groups in total. The fourth-order valence-corrected chi connectivity index (χ4v) is 9.44. The Balaban J connectivity index is 0.947. The van der Waals surface area contributed by atoms with Crippen molar-refractivity contribution in [3.05, 3.63) is 235 Å². The van der Waals surface area contributed by atoms with Gasteiger partial charge in [-0.3, -0.25) is 5.32 Å². The standard InChI is InChI=1S/C57H40N4/c1-3-14-39(15-4-1)55-58-56(40-16-5-2-6-17-40)60-57(59-55)46-19-11-20-47(35-46)61-52-24-10-9-22-50(52)54-51-36-44(26-25-38(51)31-32-53(54)61)42-27-28-43-34-45(30-29-41(43)33-42)49-23-12-18-37-13-7-8-21-48(37)49/h1-36,55,57,59H,(H,58,60). The Morgan fingerprint density at radius 2 is 1.02 bits per heavy atom. The lowest BCUT2D eigenvalue weighted by atomic mass is 9.94. The molecule has 61 heavy (non-hydrogen) atoms. The molecule has 0 radical (unpaired) electrons. The Hall–Kier alpha value is -7.79. The highest BCUT2D eigenvalue weighted by Crippen LogP contribution is 2.40. The Morgan fingerprint density at radius 1 is 0.393 bits per heavy atom. The van der Waals surface area contributed by atoms with E-state index in [0.29, 0.717) is 0 Å². The van der Waals surface area contributed by atoms with Gasteiger partial charge in [-0.2, -0.15) is 0 Å². The molecule has 1 aliphatic heterocycles. The van der Waals surface area contributed by atoms with Gasteiger partial charge in [-0.15, -0.1) is 0 Å². The molecule has 0 amide bonds. The van der Waals surface area contributed by atoms with E-state index in [-0.39, 0.29) is 12.3 Å². The van der Waals surface area contributed by atoms with Crippen molar-refractivity contribution in [1.29, 1.82) is 0 Å². The van der Waals surface area contributed by atoms with Gasteiger partial charge in [-0.05, 0) is 108 Å². The largest absolute Gasteiger partial charge is 0.350 e. The Morgan fingerprint density at radius 3 is 1.87 bits per heavy atom. The molecule has 0 saturated heterocycles. The van der Waals surface area contributed by atoms with Crippen LogP contribution in [0.15, 0.2) is 223 Å². The topological polar surface area (TPSA) is 41.4 Å². The predicted molar refractivity (Wildman–Crippen MR) is 255 cm³/mol. The van der Waals surface area contributed by atoms with Gasteiger partial charge in [-0.1, -0.05) is 176 Å². The van der Waals surface area contributed by atoms with E-state index in [4.69, 9.17) is 4.99 Å². The lowest BCUT2D eigenvalue weighted by molar-refractivity contribution is 0.409. The van der Waals surface area contributed by atoms with Crippen LogP contribution in [0.25, 0.3) is 82.1 Å². The minimum absolute atomic E-state index is 0.105. The highest BCUT2D eigenvalue weighted by atomic mass is 15.3. The zero-order valence-electron chi connectivity index (χ0n) is 33.3. The van der Waals surface area contributed by atoms with Gasteiger partial charge in [-0.25, -0.2) is 4.99 Å². The average Bonchev–Trinajstić information content (AvgIpc) is 3.69. The Labute approximate surface area is 354 Å². The van der Waals surface area contributed by atoms with Gasteiger partial charge >= 0.3 is 0 Å². The molecule has 10 aromatic carbocycles. The van der Waals surface area contributed by atoms with Crippen LogP contribution in [-0.2, 0) is 0 Å². The Kier molecular flexibility index (Phi) is 8.36. The lowest BCUT2D eigenvalue weighted by Crippen LogP contribution is -2.44. The zero-order chi connectivity index (χ0) is 40.3. The number of aliphatic imine (C=N–C) groups is 1. The first-order chi connectivity index (χ1) is 30.2. The number of nitrogens with one attached hydrogen (secondary N) is 2. The second-order valence-electron chi connectivity index (χ2n) is 16.0. The first-order valence-corrected chi connectivity index (χ1v) is 21.0. The first-order valence-electron chi connectivity index (χ1n) is 21.0. The summed E-state index contributed by atoms with van der Waals surface area (Å²) in [5, 5.41) is 17.4. The number of rotatable bonds is 6. The van der Waals surface area contributed by atoms with Crippen molar-refractivity contribution in [2.24, 2.45) is 4.99 Å². The SMILES string of the molecule is c1ccc(C2=NC(c3cccc(-n4c5ccccc5c5c6cc(-c7ccc8cc(-c9cccc%10ccccc9%10)ccc8c7)ccc6ccc54)c3)NC(c3ccccc3)N2)cc1. The van der Waals surface area contributed by atoms with E-state index in [2.05, 4.69) is 228 Å². The number of benzene rings is 10. The summed E-state index contributed by atoms with van der Waals surface area (Å²) >= 11 is 0. The molecule has 2 heterocycles. The number of fused-ring (bicyclic) bond motifs is 7. The van der Waals surface area contributed by atoms with Crippen LogP contribution in [0.4, 0.5) is 0 Å². The predicted octanol–water partition coefficient (Wildman–Crippen LogP) is 13.9. The molecule has 288 valence electrons. The summed E-state index contributed by atoms with van der Waals surface area (Å²) in [5.41, 5.74) is 11.7. The van der Waals surface area contributed by atoms with Gasteiger partial charge in [0.15, 0.2) is 0 Å². The van der Waals surface area contributed by atoms with Crippen LogP contribution in [0.5, 0.6) is 0 Å². The Bertz CT molecular complexity index is 3490. The van der Waals surface area contributed by atoms with E-state index >= 15 is 0 Å². The number of nitrogens with zero attached hydrogens (tertiary/aromatic N) is 2. The fourth-order valence-electron chi connectivity index (χ4n) is 9.44. The molecule has 0 fully saturated rings. The molecule has 0 bridgehead atoms. The molecule has 1 aromatic heterocycles. The van der Waals surface area contributed by atoms with E-state index in [0.717, 1.165) is 28.2 Å². The van der Waals surface area contributed by atoms with Crippen molar-refractivity contribution in [2.75, 3.05) is 0 Å². The minimum atomic E-state index is -0.259. The second kappa shape index (κ2) is 14.5. The van der Waals surface area contributed by atoms with Gasteiger partial charge in [0.25, 0.3) is 0 Å². The first kappa shape index (κ1) is 35.2. The lowest BCUT2D eigenvalue weighted by Gasteiger charge is -2.32. The van der Waals surface area contributed by atoms with Gasteiger partial charge in [0.2, 0.25) is 0 Å². The van der Waals surface area contributed by atoms with Crippen molar-refractivity contribution in [3.8, 4) is 27.9 Å². The number of hydrogen-bond acceptors (Lipinski definition) is 3. The van der Waals surface area contributed by atoms with Gasteiger partial charge in [0, 0.05) is 22.0 Å². The van der Waals surface area contributed by atoms with Gasteiger partial charge in [0.1, 0.15) is 18.2 Å². The number of aromatic nitrogens is 1. The smallest absolute Gasteiger partial charge is 0.131 e. The molecular formula is C57H40N4. The summed E-state index contributed by atoms with van der Waals surface area (Å²) in [7, 11) is 0. The molecule has 12 rings (SSSR count). The van der Waals surface area contributed by atoms with Crippen molar-refractivity contribution in [2.45, 2.75) is 12.3 Å². The summed E-state index contributed by atoms with van der Waals surface area (Å²) in [6.07, 6.45) is -0.365. The van der Waals surface area contributed by atoms with Gasteiger partial charge < -0.3 is 9.88 Å². The third-order valence-corrected chi connectivity index (χ3v) is 12.4. The average molecular weight is 781 g/mol. The van der Waals surface area contributed by atoms with Crippen molar-refractivity contribution >= 4 is 60.0 Å². The third-order valence-electron chi connectivity index (χ3n) is 12.4. The maximum absolute atomic E-state index is 5.26. The zero-order valence-corrected chi connectivity index (χ0v) is 33.3. The summed E-state index contributed by atoms with van der Waals surface area (Å²) in [5.74, 6) is 0.875. The molecule has 4 nitrogen and oxygen atoms in total. The molecule has 0 aliphatic carbocycles. The van der Waals surface area contributed by atoms with E-state index in [1.54, 1.807) is 0 Å². The van der Waals surface area contributed by atoms with Crippen LogP contribution < -0.4 is 10.6 Å². The van der Waals surface area contributed by atoms with E-state index in [1.807, 2.05) is 6.07 Å². The fraction of sp³-hybridized carbons (Fsp3) is 0.0351. The normalized spacial score (nSPS) is 15.4. The molecule has 0 spiro atoms. The molecule has 11 aromatic rings. The third kappa shape index (κ3) is 6.16. The van der Waals surface area contributed by atoms with Crippen LogP contribution in [0.2, 0.25) is 0 Å². The van der Waals surface area contributed by atoms with Crippen molar-refractivity contribution < 1.29 is 0 Å². The molecule has 1 aliphatic rings. The molecule has 2 atom stereocenters. The highest BCUT2D eigenvalue weighted by Gasteiger charge is 2.26. The summed E-state index contributed by atoms with van der Waals surface area (Å²) in [4.78, 5) is 5.26. The van der Waals surface area contributed by atoms with Crippen molar-refractivity contribution in [1.82, 2.24) is 15.2 Å². The summed E-state index contributed by atoms with van der Waals surface area (Å²) in [6, 6.07) is 79.0. The van der Waals surface area contributed by atoms with E-state index < -0.39 is 0 Å². The van der Waals surface area contributed by atoms with Crippen LogP contribution in [0, 0.1) is 0 Å². The van der Waals surface area contributed by atoms with Gasteiger partial charge in [0.05, 0.1) is 11.0 Å². The number of amidine groups is 1. The maximum Gasteiger partial charge on any atom is 0.131 e. The summed E-state index contributed by atoms with van der Waals surface area (Å²) in [6.45, 7) is 0. The quantitative estimate of drug-likeness (QED) is 0.176. The van der Waals surface area contributed by atoms with Crippen LogP contribution >= 0.6 is 0 Å². The molecule has 2 unspecified atom stereocenters. The molecule has 4 heteroatoms. The monoisotopic (exact) mass is 780 g/mol. The van der Waals surface area contributed by atoms with Crippen LogP contribution in [0.3, 0.4) is 0 Å². The number of hydrogen-bond donors (Lipinski definition) is 2. The van der Waals surface area contributed by atoms with E-state index in [1.165, 1.54) is 76.4 Å². The van der Waals surface area contributed by atoms with E-state index in [9.17, 15) is 0 Å². The maximum atomic E-state index is 5.26. The summed E-state index contributed by atoms with van der Waals surface area (Å²) < 4.78 is 2.42. The molecule has 0 saturated carbocycles. The van der Waals surface area contributed by atoms with Crippen molar-refractivity contribution in [3.63, 3.8) is 0 Å². The second-order valence-corrected chi connectivity index (χ2v) is 16.0.